The Kier molecular flexibility index (Phi) is 3.96. The first-order chi connectivity index (χ1) is 9.63. The number of carboxylic acid groups (broad SMARTS) is 1. The minimum atomic E-state index is -3.99. The number of piperidine rings is 1. The normalized spacial score (nSPS) is 23.9. The summed E-state index contributed by atoms with van der Waals surface area (Å²) in [6.45, 7) is 1.76. The summed E-state index contributed by atoms with van der Waals surface area (Å²) in [7, 11) is -3.99. The first-order valence-corrected chi connectivity index (χ1v) is 7.93. The molecule has 0 saturated carbocycles. The number of rotatable bonds is 3. The number of nitrogens with two attached hydrogens (primary N) is 1. The largest absolute Gasteiger partial charge is 0.478 e. The van der Waals surface area contributed by atoms with E-state index in [1.807, 2.05) is 0 Å². The van der Waals surface area contributed by atoms with E-state index < -0.39 is 21.6 Å². The Hall–Kier alpha value is -1.64. The van der Waals surface area contributed by atoms with Gasteiger partial charge in [-0.25, -0.2) is 13.2 Å². The highest BCUT2D eigenvalue weighted by molar-refractivity contribution is 7.89. The summed E-state index contributed by atoms with van der Waals surface area (Å²) < 4.78 is 26.4. The predicted octanol–water partition coefficient (Wildman–Crippen LogP) is 0.503. The van der Waals surface area contributed by atoms with Crippen LogP contribution < -0.4 is 5.73 Å². The molecule has 1 aromatic rings. The Balaban J connectivity index is 2.47. The van der Waals surface area contributed by atoms with Crippen molar-refractivity contribution in [3.8, 4) is 0 Å². The highest BCUT2D eigenvalue weighted by Gasteiger charge is 2.37. The van der Waals surface area contributed by atoms with Crippen molar-refractivity contribution >= 4 is 21.7 Å². The van der Waals surface area contributed by atoms with Gasteiger partial charge in [0.25, 0.3) is 0 Å². The molecule has 0 spiro atoms. The molecule has 0 radical (unpaired) electrons. The van der Waals surface area contributed by atoms with Gasteiger partial charge in [-0.05, 0) is 38.0 Å². The number of hydrogen-bond donors (Lipinski definition) is 3. The number of benzene rings is 1. The van der Waals surface area contributed by atoms with Gasteiger partial charge in [-0.3, -0.25) is 0 Å². The second-order valence-corrected chi connectivity index (χ2v) is 7.41. The molecule has 0 amide bonds. The van der Waals surface area contributed by atoms with Gasteiger partial charge in [0.2, 0.25) is 10.0 Å². The van der Waals surface area contributed by atoms with Crippen LogP contribution in [-0.2, 0) is 10.0 Å². The minimum Gasteiger partial charge on any atom is -0.478 e. The molecule has 7 nitrogen and oxygen atoms in total. The van der Waals surface area contributed by atoms with Crippen molar-refractivity contribution in [3.05, 3.63) is 23.8 Å². The van der Waals surface area contributed by atoms with E-state index >= 15 is 0 Å². The molecule has 1 aromatic carbocycles. The van der Waals surface area contributed by atoms with E-state index in [2.05, 4.69) is 0 Å². The molecule has 1 atom stereocenters. The van der Waals surface area contributed by atoms with Gasteiger partial charge >= 0.3 is 5.97 Å². The summed E-state index contributed by atoms with van der Waals surface area (Å²) in [4.78, 5) is 10.9. The molecule has 0 aromatic heterocycles. The van der Waals surface area contributed by atoms with Gasteiger partial charge in [0, 0.05) is 18.8 Å². The topological polar surface area (TPSA) is 121 Å². The number of nitrogens with zero attached hydrogens (tertiary/aromatic N) is 1. The van der Waals surface area contributed by atoms with Gasteiger partial charge < -0.3 is 15.9 Å². The van der Waals surface area contributed by atoms with Crippen LogP contribution in [0.4, 0.5) is 5.69 Å². The number of β-amino-alcohol motifs (C(OH)–C–C–N with tert-alkyl or cyclic N) is 1. The number of anilines is 1. The maximum atomic E-state index is 12.6. The van der Waals surface area contributed by atoms with Crippen molar-refractivity contribution in [2.75, 3.05) is 18.8 Å². The molecule has 21 heavy (non-hydrogen) atoms. The fourth-order valence-electron chi connectivity index (χ4n) is 2.46. The number of hydrogen-bond acceptors (Lipinski definition) is 5. The molecule has 0 aliphatic carbocycles. The number of carbonyl (C=O) groups is 1. The van der Waals surface area contributed by atoms with Crippen LogP contribution in [0.25, 0.3) is 0 Å². The number of sulfonamides is 1. The lowest BCUT2D eigenvalue weighted by molar-refractivity contribution is 0.00939. The van der Waals surface area contributed by atoms with Crippen molar-refractivity contribution in [1.29, 1.82) is 0 Å². The van der Waals surface area contributed by atoms with Gasteiger partial charge in [0.1, 0.15) is 0 Å². The molecule has 8 heteroatoms. The Morgan fingerprint density at radius 3 is 2.67 bits per heavy atom. The van der Waals surface area contributed by atoms with Crippen LogP contribution >= 0.6 is 0 Å². The van der Waals surface area contributed by atoms with E-state index in [1.165, 1.54) is 12.1 Å². The minimum absolute atomic E-state index is 0.0568. The third-order valence-corrected chi connectivity index (χ3v) is 5.40. The molecule has 1 aliphatic heterocycles. The van der Waals surface area contributed by atoms with Gasteiger partial charge in [-0.15, -0.1) is 0 Å². The second kappa shape index (κ2) is 5.28. The first kappa shape index (κ1) is 15.7. The molecule has 2 rings (SSSR count). The monoisotopic (exact) mass is 314 g/mol. The van der Waals surface area contributed by atoms with E-state index in [9.17, 15) is 18.3 Å². The van der Waals surface area contributed by atoms with Crippen molar-refractivity contribution in [1.82, 2.24) is 4.31 Å². The Morgan fingerprint density at radius 2 is 2.10 bits per heavy atom. The molecule has 1 saturated heterocycles. The SMILES string of the molecule is CC1(O)CCCN(S(=O)(=O)c2ccc(N)cc2C(=O)O)C1. The second-order valence-electron chi connectivity index (χ2n) is 5.50. The summed E-state index contributed by atoms with van der Waals surface area (Å²) in [6.07, 6.45) is 1.02. The van der Waals surface area contributed by atoms with Crippen LogP contribution in [0.1, 0.15) is 30.1 Å². The summed E-state index contributed by atoms with van der Waals surface area (Å²) in [5, 5.41) is 19.2. The lowest BCUT2D eigenvalue weighted by Crippen LogP contribution is -2.48. The van der Waals surface area contributed by atoms with E-state index in [0.717, 1.165) is 10.4 Å². The number of nitrogen functional groups attached to an aromatic ring is 1. The number of aliphatic hydroxyl groups is 1. The zero-order valence-corrected chi connectivity index (χ0v) is 12.4. The lowest BCUT2D eigenvalue weighted by atomic mass is 9.97. The van der Waals surface area contributed by atoms with Gasteiger partial charge in [0.15, 0.2) is 0 Å². The predicted molar refractivity (Wildman–Crippen MR) is 76.4 cm³/mol. The third kappa shape index (κ3) is 3.17. The molecular weight excluding hydrogens is 296 g/mol. The van der Waals surface area contributed by atoms with Crippen LogP contribution in [0.3, 0.4) is 0 Å². The first-order valence-electron chi connectivity index (χ1n) is 6.49. The van der Waals surface area contributed by atoms with Crippen LogP contribution in [0.15, 0.2) is 23.1 Å². The van der Waals surface area contributed by atoms with Crippen LogP contribution in [0.5, 0.6) is 0 Å². The summed E-state index contributed by atoms with van der Waals surface area (Å²) in [6, 6.07) is 3.66. The number of carboxylic acids is 1. The molecule has 116 valence electrons. The van der Waals surface area contributed by atoms with Gasteiger partial charge in [-0.2, -0.15) is 4.31 Å². The molecule has 1 unspecified atom stereocenters. The molecule has 1 heterocycles. The van der Waals surface area contributed by atoms with Crippen molar-refractivity contribution < 1.29 is 23.4 Å². The molecule has 4 N–H and O–H groups in total. The molecule has 1 aliphatic rings. The average molecular weight is 314 g/mol. The molecule has 1 fully saturated rings. The highest BCUT2D eigenvalue weighted by Crippen LogP contribution is 2.28. The third-order valence-electron chi connectivity index (χ3n) is 3.49. The van der Waals surface area contributed by atoms with E-state index in [0.29, 0.717) is 12.8 Å². The maximum absolute atomic E-state index is 12.6. The lowest BCUT2D eigenvalue weighted by Gasteiger charge is -2.36. The van der Waals surface area contributed by atoms with Crippen molar-refractivity contribution in [2.45, 2.75) is 30.3 Å². The maximum Gasteiger partial charge on any atom is 0.337 e. The standard InChI is InChI=1S/C13H18N2O5S/c1-13(18)5-2-6-15(8-13)21(19,20)11-4-3-9(14)7-10(11)12(16)17/h3-4,7,18H,2,5-6,8,14H2,1H3,(H,16,17). The molecular formula is C13H18N2O5S. The summed E-state index contributed by atoms with van der Waals surface area (Å²) in [5.41, 5.74) is 4.23. The molecule has 0 bridgehead atoms. The van der Waals surface area contributed by atoms with E-state index in [4.69, 9.17) is 10.8 Å². The van der Waals surface area contributed by atoms with Crippen molar-refractivity contribution in [2.24, 2.45) is 0 Å². The van der Waals surface area contributed by atoms with Crippen LogP contribution in [0.2, 0.25) is 0 Å². The Morgan fingerprint density at radius 1 is 1.43 bits per heavy atom. The average Bonchev–Trinajstić information content (AvgIpc) is 2.37. The van der Waals surface area contributed by atoms with E-state index in [-0.39, 0.29) is 29.2 Å². The summed E-state index contributed by atoms with van der Waals surface area (Å²) >= 11 is 0. The Bertz CT molecular complexity index is 669. The van der Waals surface area contributed by atoms with Crippen LogP contribution in [-0.4, -0.2) is 47.6 Å². The Labute approximate surface area is 123 Å². The zero-order valence-electron chi connectivity index (χ0n) is 11.6. The zero-order chi connectivity index (χ0) is 15.8. The summed E-state index contributed by atoms with van der Waals surface area (Å²) in [5.74, 6) is -1.36. The van der Waals surface area contributed by atoms with Crippen LogP contribution in [0, 0.1) is 0 Å². The smallest absolute Gasteiger partial charge is 0.337 e. The van der Waals surface area contributed by atoms with Gasteiger partial charge in [0.05, 0.1) is 16.1 Å². The van der Waals surface area contributed by atoms with Crippen molar-refractivity contribution in [3.63, 3.8) is 0 Å². The quantitative estimate of drug-likeness (QED) is 0.699. The number of aromatic carboxylic acids is 1. The van der Waals surface area contributed by atoms with E-state index in [1.54, 1.807) is 6.92 Å². The fraction of sp³-hybridized carbons (Fsp3) is 0.462. The fourth-order valence-corrected chi connectivity index (χ4v) is 4.22. The van der Waals surface area contributed by atoms with Gasteiger partial charge in [-0.1, -0.05) is 0 Å². The highest BCUT2D eigenvalue weighted by atomic mass is 32.2.